The Hall–Kier alpha value is -2.10. The molecular weight excluding hydrogens is 561 g/mol. The van der Waals surface area contributed by atoms with Gasteiger partial charge in [0.1, 0.15) is 0 Å². The third-order valence-electron chi connectivity index (χ3n) is 6.01. The molecule has 1 saturated heterocycles. The Morgan fingerprint density at radius 1 is 0.944 bits per heavy atom. The maximum Gasteiger partial charge on any atom is 0.243 e. The van der Waals surface area contributed by atoms with E-state index in [-0.39, 0.29) is 34.7 Å². The first-order chi connectivity index (χ1) is 17.1. The fraction of sp³-hybridized carbons (Fsp3) is 0.318. The minimum Gasteiger partial charge on any atom is -0.302 e. The van der Waals surface area contributed by atoms with Crippen molar-refractivity contribution in [2.75, 3.05) is 30.9 Å². The third kappa shape index (κ3) is 4.89. The highest BCUT2D eigenvalue weighted by atomic mass is 32.2. The van der Waals surface area contributed by atoms with Crippen molar-refractivity contribution in [1.29, 1.82) is 0 Å². The number of aromatic nitrogens is 2. The highest BCUT2D eigenvalue weighted by molar-refractivity contribution is 8.00. The van der Waals surface area contributed by atoms with Crippen molar-refractivity contribution < 1.29 is 21.6 Å². The molecule has 1 aliphatic heterocycles. The number of carbonyl (C=O) groups is 1. The van der Waals surface area contributed by atoms with Crippen LogP contribution in [0.3, 0.4) is 0 Å². The highest BCUT2D eigenvalue weighted by Crippen LogP contribution is 2.38. The molecule has 4 aromatic rings. The summed E-state index contributed by atoms with van der Waals surface area (Å²) in [5.41, 5.74) is 1.72. The number of amides is 1. The maximum absolute atomic E-state index is 13.0. The van der Waals surface area contributed by atoms with Gasteiger partial charge in [0.2, 0.25) is 15.9 Å². The van der Waals surface area contributed by atoms with Crippen LogP contribution in [0.25, 0.3) is 20.4 Å². The number of nitrogens with one attached hydrogen (secondary N) is 1. The van der Waals surface area contributed by atoms with Crippen molar-refractivity contribution in [3.63, 3.8) is 0 Å². The Kier molecular flexibility index (Phi) is 6.85. The van der Waals surface area contributed by atoms with Crippen LogP contribution in [0.2, 0.25) is 0 Å². The number of carbonyl (C=O) groups excluding carboxylic acids is 1. The molecule has 1 amide bonds. The smallest absolute Gasteiger partial charge is 0.243 e. The van der Waals surface area contributed by atoms with Gasteiger partial charge in [-0.25, -0.2) is 26.8 Å². The minimum atomic E-state index is -3.78. The molecule has 1 aliphatic rings. The fourth-order valence-corrected chi connectivity index (χ4v) is 8.83. The quantitative estimate of drug-likeness (QED) is 0.337. The maximum atomic E-state index is 13.0. The summed E-state index contributed by atoms with van der Waals surface area (Å²) in [6.45, 7) is 0.403. The molecule has 14 heteroatoms. The van der Waals surface area contributed by atoms with Gasteiger partial charge in [0, 0.05) is 25.3 Å². The fourth-order valence-electron chi connectivity index (χ4n) is 4.07. The van der Waals surface area contributed by atoms with E-state index in [0.717, 1.165) is 31.0 Å². The van der Waals surface area contributed by atoms with Crippen molar-refractivity contribution in [3.05, 3.63) is 36.4 Å². The van der Waals surface area contributed by atoms with Crippen LogP contribution in [0.15, 0.2) is 50.5 Å². The zero-order chi connectivity index (χ0) is 25.7. The number of hydrogen-bond acceptors (Lipinski definition) is 10. The lowest BCUT2D eigenvalue weighted by atomic mass is 9.97. The molecule has 0 radical (unpaired) electrons. The van der Waals surface area contributed by atoms with E-state index < -0.39 is 19.9 Å². The first-order valence-corrected chi connectivity index (χ1v) is 17.1. The van der Waals surface area contributed by atoms with Crippen LogP contribution in [-0.2, 0) is 24.7 Å². The number of piperidine rings is 1. The van der Waals surface area contributed by atoms with Crippen molar-refractivity contribution in [2.24, 2.45) is 5.92 Å². The van der Waals surface area contributed by atoms with Gasteiger partial charge >= 0.3 is 0 Å². The lowest BCUT2D eigenvalue weighted by Gasteiger charge is -2.30. The summed E-state index contributed by atoms with van der Waals surface area (Å²) in [5, 5.41) is 3.43. The van der Waals surface area contributed by atoms with E-state index in [1.165, 1.54) is 39.9 Å². The first-order valence-electron chi connectivity index (χ1n) is 10.9. The topological polar surface area (TPSA) is 126 Å². The van der Waals surface area contributed by atoms with Crippen molar-refractivity contribution in [2.45, 2.75) is 27.0 Å². The molecular formula is C22H22N4O5S5. The number of hydrogen-bond donors (Lipinski definition) is 1. The summed E-state index contributed by atoms with van der Waals surface area (Å²) in [6.07, 6.45) is 3.82. The molecule has 2 aromatic carbocycles. The largest absolute Gasteiger partial charge is 0.302 e. The SMILES string of the molecule is CSc1nc2ccc3nc(NC(=O)C4CCN(S(=O)(=O)c5ccc(S(C)(=O)=O)cc5)CC4)sc3c2s1. The summed E-state index contributed by atoms with van der Waals surface area (Å²) in [4.78, 5) is 22.2. The molecule has 190 valence electrons. The number of thioether (sulfide) groups is 1. The number of benzene rings is 2. The molecule has 0 atom stereocenters. The Morgan fingerprint density at radius 3 is 2.14 bits per heavy atom. The molecule has 36 heavy (non-hydrogen) atoms. The molecule has 2 aromatic heterocycles. The number of thiazole rings is 2. The van der Waals surface area contributed by atoms with E-state index in [4.69, 9.17) is 0 Å². The summed E-state index contributed by atoms with van der Waals surface area (Å²) in [5.74, 6) is -0.503. The van der Waals surface area contributed by atoms with Crippen LogP contribution in [0.4, 0.5) is 5.13 Å². The summed E-state index contributed by atoms with van der Waals surface area (Å²) in [7, 11) is -7.19. The van der Waals surface area contributed by atoms with Crippen molar-refractivity contribution >= 4 is 85.8 Å². The van der Waals surface area contributed by atoms with Gasteiger partial charge in [-0.05, 0) is 55.5 Å². The summed E-state index contributed by atoms with van der Waals surface area (Å²) in [6, 6.07) is 9.04. The normalized spacial score (nSPS) is 16.1. The molecule has 0 saturated carbocycles. The molecule has 1 fully saturated rings. The number of sulfonamides is 1. The molecule has 9 nitrogen and oxygen atoms in total. The van der Waals surface area contributed by atoms with Crippen molar-refractivity contribution in [1.82, 2.24) is 14.3 Å². The van der Waals surface area contributed by atoms with E-state index in [2.05, 4.69) is 15.3 Å². The third-order valence-corrected chi connectivity index (χ3v) is 12.3. The second kappa shape index (κ2) is 9.65. The highest BCUT2D eigenvalue weighted by Gasteiger charge is 2.32. The van der Waals surface area contributed by atoms with Crippen LogP contribution < -0.4 is 5.32 Å². The Bertz CT molecular complexity index is 1670. The average Bonchev–Trinajstić information content (AvgIpc) is 3.47. The van der Waals surface area contributed by atoms with E-state index in [0.29, 0.717) is 18.0 Å². The number of anilines is 1. The Balaban J connectivity index is 1.25. The molecule has 0 aliphatic carbocycles. The Morgan fingerprint density at radius 2 is 1.53 bits per heavy atom. The van der Waals surface area contributed by atoms with Crippen LogP contribution in [0.1, 0.15) is 12.8 Å². The van der Waals surface area contributed by atoms with Crippen LogP contribution in [0.5, 0.6) is 0 Å². The van der Waals surface area contributed by atoms with E-state index in [1.807, 2.05) is 18.4 Å². The zero-order valence-electron chi connectivity index (χ0n) is 19.3. The number of nitrogens with zero attached hydrogens (tertiary/aromatic N) is 3. The predicted octanol–water partition coefficient (Wildman–Crippen LogP) is 4.07. The lowest BCUT2D eigenvalue weighted by Crippen LogP contribution is -2.41. The van der Waals surface area contributed by atoms with E-state index in [9.17, 15) is 21.6 Å². The monoisotopic (exact) mass is 582 g/mol. The predicted molar refractivity (Wildman–Crippen MR) is 144 cm³/mol. The standard InChI is InChI=1S/C22H22N4O5S5/c1-32-22-24-17-8-7-16-18(19(17)34-22)33-21(23-16)25-20(27)13-9-11-26(12-10-13)36(30,31)15-5-3-14(4-6-15)35(2,28)29/h3-8,13H,9-12H2,1-2H3,(H,23,25,27). The molecule has 5 rings (SSSR count). The van der Waals surface area contributed by atoms with Gasteiger partial charge in [-0.3, -0.25) is 4.79 Å². The van der Waals surface area contributed by atoms with Gasteiger partial charge in [-0.15, -0.1) is 11.3 Å². The number of fused-ring (bicyclic) bond motifs is 3. The van der Waals surface area contributed by atoms with Gasteiger partial charge in [-0.2, -0.15) is 4.31 Å². The van der Waals surface area contributed by atoms with Gasteiger partial charge < -0.3 is 5.32 Å². The van der Waals surface area contributed by atoms with Gasteiger partial charge in [-0.1, -0.05) is 23.1 Å². The molecule has 0 bridgehead atoms. The molecule has 1 N–H and O–H groups in total. The van der Waals surface area contributed by atoms with Crippen molar-refractivity contribution in [3.8, 4) is 0 Å². The molecule has 0 spiro atoms. The molecule has 3 heterocycles. The molecule has 0 unspecified atom stereocenters. The van der Waals surface area contributed by atoms with E-state index >= 15 is 0 Å². The first kappa shape index (κ1) is 25.5. The van der Waals surface area contributed by atoms with E-state index in [1.54, 1.807) is 23.1 Å². The zero-order valence-corrected chi connectivity index (χ0v) is 23.4. The summed E-state index contributed by atoms with van der Waals surface area (Å²) < 4.78 is 53.7. The number of rotatable bonds is 6. The second-order valence-corrected chi connectivity index (χ2v) is 15.4. The Labute approximate surface area is 220 Å². The minimum absolute atomic E-state index is 0.0336. The average molecular weight is 583 g/mol. The van der Waals surface area contributed by atoms with Gasteiger partial charge in [0.25, 0.3) is 0 Å². The van der Waals surface area contributed by atoms with Crippen LogP contribution in [-0.4, -0.2) is 62.6 Å². The summed E-state index contributed by atoms with van der Waals surface area (Å²) >= 11 is 4.62. The van der Waals surface area contributed by atoms with Gasteiger partial charge in [0.05, 0.1) is 30.2 Å². The van der Waals surface area contributed by atoms with Gasteiger partial charge in [0.15, 0.2) is 19.3 Å². The lowest BCUT2D eigenvalue weighted by molar-refractivity contribution is -0.120. The number of sulfone groups is 1. The van der Waals surface area contributed by atoms with Crippen LogP contribution in [0, 0.1) is 5.92 Å². The second-order valence-electron chi connectivity index (χ2n) is 8.38. The van der Waals surface area contributed by atoms with Crippen LogP contribution >= 0.6 is 34.4 Å².